The van der Waals surface area contributed by atoms with Crippen molar-refractivity contribution in [3.05, 3.63) is 33.8 Å². The Balaban J connectivity index is 3.04. The van der Waals surface area contributed by atoms with Crippen LogP contribution in [0.5, 0.6) is 0 Å². The second-order valence-electron chi connectivity index (χ2n) is 3.12. The zero-order valence-electron chi connectivity index (χ0n) is 8.59. The summed E-state index contributed by atoms with van der Waals surface area (Å²) in [7, 11) is 1.50. The zero-order valence-corrected chi connectivity index (χ0v) is 10.1. The predicted molar refractivity (Wildman–Crippen MR) is 61.9 cm³/mol. The molecule has 0 aliphatic heterocycles. The number of carbonyl (C=O) groups is 1. The predicted octanol–water partition coefficient (Wildman–Crippen LogP) is 3.60. The molecule has 0 amide bonds. The summed E-state index contributed by atoms with van der Waals surface area (Å²) in [5.41, 5.74) is 0.415. The molecular formula is C11H12Cl2O2. The normalized spacial score (nSPS) is 12.5. The molecule has 1 aromatic carbocycles. The lowest BCUT2D eigenvalue weighted by molar-refractivity contribution is 0.0596. The number of Topliss-reactive ketones (excluding diaryl/α,β-unsaturated/α-hetero) is 1. The van der Waals surface area contributed by atoms with Crippen molar-refractivity contribution in [3.63, 3.8) is 0 Å². The number of methoxy groups -OCH3 is 1. The molecule has 82 valence electrons. The minimum Gasteiger partial charge on any atom is -0.373 e. The first-order valence-corrected chi connectivity index (χ1v) is 5.37. The van der Waals surface area contributed by atoms with E-state index in [1.165, 1.54) is 7.11 Å². The van der Waals surface area contributed by atoms with Gasteiger partial charge in [0.2, 0.25) is 0 Å². The lowest BCUT2D eigenvalue weighted by Gasteiger charge is -2.12. The molecule has 1 rings (SSSR count). The SMILES string of the molecule is CCC(OC)C(=O)c1cc(Cl)ccc1Cl. The van der Waals surface area contributed by atoms with Crippen LogP contribution in [-0.4, -0.2) is 19.0 Å². The van der Waals surface area contributed by atoms with Gasteiger partial charge >= 0.3 is 0 Å². The number of benzene rings is 1. The molecule has 15 heavy (non-hydrogen) atoms. The summed E-state index contributed by atoms with van der Waals surface area (Å²) >= 11 is 11.7. The van der Waals surface area contributed by atoms with Crippen molar-refractivity contribution in [1.29, 1.82) is 0 Å². The highest BCUT2D eigenvalue weighted by Crippen LogP contribution is 2.23. The molecule has 4 heteroatoms. The van der Waals surface area contributed by atoms with Crippen LogP contribution >= 0.6 is 23.2 Å². The van der Waals surface area contributed by atoms with E-state index < -0.39 is 6.10 Å². The second kappa shape index (κ2) is 5.50. The minimum absolute atomic E-state index is 0.132. The number of hydrogen-bond donors (Lipinski definition) is 0. The molecule has 1 atom stereocenters. The first kappa shape index (κ1) is 12.5. The van der Waals surface area contributed by atoms with E-state index in [2.05, 4.69) is 0 Å². The quantitative estimate of drug-likeness (QED) is 0.760. The highest BCUT2D eigenvalue weighted by molar-refractivity contribution is 6.36. The maximum absolute atomic E-state index is 11.9. The third kappa shape index (κ3) is 2.94. The van der Waals surface area contributed by atoms with Crippen LogP contribution in [0.2, 0.25) is 10.0 Å². The Bertz CT molecular complexity index is 360. The number of hydrogen-bond acceptors (Lipinski definition) is 2. The fraction of sp³-hybridized carbons (Fsp3) is 0.364. The van der Waals surface area contributed by atoms with Gasteiger partial charge < -0.3 is 4.74 Å². The average molecular weight is 247 g/mol. The molecule has 1 unspecified atom stereocenters. The lowest BCUT2D eigenvalue weighted by Crippen LogP contribution is -2.22. The largest absolute Gasteiger partial charge is 0.373 e. The van der Waals surface area contributed by atoms with Crippen LogP contribution in [0.25, 0.3) is 0 Å². The van der Waals surface area contributed by atoms with Crippen molar-refractivity contribution in [2.45, 2.75) is 19.4 Å². The van der Waals surface area contributed by atoms with E-state index in [9.17, 15) is 4.79 Å². The molecule has 0 heterocycles. The van der Waals surface area contributed by atoms with Crippen LogP contribution in [0.1, 0.15) is 23.7 Å². The molecular weight excluding hydrogens is 235 g/mol. The average Bonchev–Trinajstić information content (AvgIpc) is 2.23. The molecule has 0 bridgehead atoms. The molecule has 0 aliphatic rings. The molecule has 0 spiro atoms. The summed E-state index contributed by atoms with van der Waals surface area (Å²) < 4.78 is 5.06. The van der Waals surface area contributed by atoms with Crippen molar-refractivity contribution < 1.29 is 9.53 Å². The van der Waals surface area contributed by atoms with Crippen LogP contribution in [0, 0.1) is 0 Å². The molecule has 1 aromatic rings. The molecule has 0 saturated carbocycles. The van der Waals surface area contributed by atoms with E-state index in [4.69, 9.17) is 27.9 Å². The number of ketones is 1. The van der Waals surface area contributed by atoms with E-state index in [0.717, 1.165) is 0 Å². The van der Waals surface area contributed by atoms with Gasteiger partial charge in [0.25, 0.3) is 0 Å². The summed E-state index contributed by atoms with van der Waals surface area (Å²) in [4.78, 5) is 11.9. The third-order valence-electron chi connectivity index (χ3n) is 2.14. The van der Waals surface area contributed by atoms with Crippen LogP contribution in [0.3, 0.4) is 0 Å². The fourth-order valence-corrected chi connectivity index (χ4v) is 1.70. The van der Waals surface area contributed by atoms with Gasteiger partial charge in [-0.25, -0.2) is 0 Å². The Kier molecular flexibility index (Phi) is 4.58. The Labute approximate surface area is 99.1 Å². The number of carbonyl (C=O) groups excluding carboxylic acids is 1. The van der Waals surface area contributed by atoms with E-state index in [1.54, 1.807) is 18.2 Å². The van der Waals surface area contributed by atoms with Gasteiger partial charge in [-0.15, -0.1) is 0 Å². The summed E-state index contributed by atoms with van der Waals surface area (Å²) in [6.07, 6.45) is 0.152. The van der Waals surface area contributed by atoms with Crippen LogP contribution < -0.4 is 0 Å². The van der Waals surface area contributed by atoms with Crippen molar-refractivity contribution in [2.75, 3.05) is 7.11 Å². The Morgan fingerprint density at radius 2 is 2.13 bits per heavy atom. The standard InChI is InChI=1S/C11H12Cl2O2/c1-3-10(15-2)11(14)8-6-7(12)4-5-9(8)13/h4-6,10H,3H2,1-2H3. The van der Waals surface area contributed by atoms with Gasteiger partial charge in [-0.05, 0) is 24.6 Å². The van der Waals surface area contributed by atoms with Crippen LogP contribution in [0.15, 0.2) is 18.2 Å². The van der Waals surface area contributed by atoms with E-state index >= 15 is 0 Å². The monoisotopic (exact) mass is 246 g/mol. The highest BCUT2D eigenvalue weighted by atomic mass is 35.5. The third-order valence-corrected chi connectivity index (χ3v) is 2.71. The molecule has 0 radical (unpaired) electrons. The molecule has 0 fully saturated rings. The lowest BCUT2D eigenvalue weighted by atomic mass is 10.0. The zero-order chi connectivity index (χ0) is 11.4. The topological polar surface area (TPSA) is 26.3 Å². The molecule has 0 aliphatic carbocycles. The summed E-state index contributed by atoms with van der Waals surface area (Å²) in [5, 5.41) is 0.897. The smallest absolute Gasteiger partial charge is 0.193 e. The molecule has 2 nitrogen and oxygen atoms in total. The molecule has 0 saturated heterocycles. The van der Waals surface area contributed by atoms with Crippen LogP contribution in [0.4, 0.5) is 0 Å². The Morgan fingerprint density at radius 3 is 2.67 bits per heavy atom. The Hall–Kier alpha value is -0.570. The van der Waals surface area contributed by atoms with Gasteiger partial charge in [-0.3, -0.25) is 4.79 Å². The number of halogens is 2. The number of ether oxygens (including phenoxy) is 1. The maximum atomic E-state index is 11.9. The minimum atomic E-state index is -0.457. The van der Waals surface area contributed by atoms with Crippen LogP contribution in [-0.2, 0) is 4.74 Å². The van der Waals surface area contributed by atoms with Crippen molar-refractivity contribution in [3.8, 4) is 0 Å². The highest BCUT2D eigenvalue weighted by Gasteiger charge is 2.20. The summed E-state index contributed by atoms with van der Waals surface area (Å²) in [5.74, 6) is -0.132. The van der Waals surface area contributed by atoms with E-state index in [0.29, 0.717) is 22.0 Å². The van der Waals surface area contributed by atoms with Gasteiger partial charge in [0.05, 0.1) is 5.02 Å². The molecule has 0 N–H and O–H groups in total. The van der Waals surface area contributed by atoms with E-state index in [-0.39, 0.29) is 5.78 Å². The summed E-state index contributed by atoms with van der Waals surface area (Å²) in [6, 6.07) is 4.82. The Morgan fingerprint density at radius 1 is 1.47 bits per heavy atom. The first-order chi connectivity index (χ1) is 7.10. The number of rotatable bonds is 4. The van der Waals surface area contributed by atoms with Gasteiger partial charge in [-0.1, -0.05) is 30.1 Å². The second-order valence-corrected chi connectivity index (χ2v) is 3.96. The fourth-order valence-electron chi connectivity index (χ4n) is 1.32. The maximum Gasteiger partial charge on any atom is 0.193 e. The van der Waals surface area contributed by atoms with Gasteiger partial charge in [0, 0.05) is 17.7 Å². The van der Waals surface area contributed by atoms with Crippen molar-refractivity contribution in [2.24, 2.45) is 0 Å². The van der Waals surface area contributed by atoms with Gasteiger partial charge in [0.1, 0.15) is 6.10 Å². The van der Waals surface area contributed by atoms with E-state index in [1.807, 2.05) is 6.92 Å². The summed E-state index contributed by atoms with van der Waals surface area (Å²) in [6.45, 7) is 1.88. The first-order valence-electron chi connectivity index (χ1n) is 4.62. The van der Waals surface area contributed by atoms with Crippen molar-refractivity contribution >= 4 is 29.0 Å². The van der Waals surface area contributed by atoms with Gasteiger partial charge in [0.15, 0.2) is 5.78 Å². The van der Waals surface area contributed by atoms with Crippen molar-refractivity contribution in [1.82, 2.24) is 0 Å². The molecule has 0 aromatic heterocycles. The van der Waals surface area contributed by atoms with Gasteiger partial charge in [-0.2, -0.15) is 0 Å².